The summed E-state index contributed by atoms with van der Waals surface area (Å²) >= 11 is 0. The van der Waals surface area contributed by atoms with E-state index in [-0.39, 0.29) is 6.10 Å². The lowest BCUT2D eigenvalue weighted by molar-refractivity contribution is 0.0640. The van der Waals surface area contributed by atoms with Gasteiger partial charge in [-0.2, -0.15) is 0 Å². The van der Waals surface area contributed by atoms with Gasteiger partial charge < -0.3 is 10.1 Å². The van der Waals surface area contributed by atoms with E-state index in [1.165, 1.54) is 18.4 Å². The minimum absolute atomic E-state index is 0.210. The predicted octanol–water partition coefficient (Wildman–Crippen LogP) is 2.91. The zero-order chi connectivity index (χ0) is 11.2. The Bertz CT molecular complexity index is 295. The van der Waals surface area contributed by atoms with Crippen molar-refractivity contribution >= 4 is 0 Å². The fraction of sp³-hybridized carbons (Fsp3) is 0.571. The maximum absolute atomic E-state index is 5.79. The normalized spacial score (nSPS) is 17.3. The zero-order valence-corrected chi connectivity index (χ0v) is 9.99. The van der Waals surface area contributed by atoms with Crippen LogP contribution in [0.4, 0.5) is 0 Å². The molecule has 1 unspecified atom stereocenters. The van der Waals surface area contributed by atoms with E-state index in [1.807, 2.05) is 6.07 Å². The van der Waals surface area contributed by atoms with Crippen molar-refractivity contribution in [2.24, 2.45) is 0 Å². The van der Waals surface area contributed by atoms with Crippen LogP contribution in [0.5, 0.6) is 0 Å². The first-order valence-electron chi connectivity index (χ1n) is 6.26. The average molecular weight is 219 g/mol. The van der Waals surface area contributed by atoms with Crippen molar-refractivity contribution in [2.75, 3.05) is 13.2 Å². The third-order valence-electron chi connectivity index (χ3n) is 2.97. The van der Waals surface area contributed by atoms with Crippen molar-refractivity contribution < 1.29 is 4.74 Å². The van der Waals surface area contributed by atoms with Gasteiger partial charge in [0.25, 0.3) is 0 Å². The molecule has 1 fully saturated rings. The molecule has 0 amide bonds. The number of nitrogens with one attached hydrogen (secondary N) is 1. The van der Waals surface area contributed by atoms with Crippen molar-refractivity contribution in [3.8, 4) is 0 Å². The van der Waals surface area contributed by atoms with Gasteiger partial charge in [-0.1, -0.05) is 30.3 Å². The topological polar surface area (TPSA) is 21.3 Å². The van der Waals surface area contributed by atoms with Gasteiger partial charge in [0, 0.05) is 12.6 Å². The monoisotopic (exact) mass is 219 g/mol. The molecule has 2 rings (SSSR count). The van der Waals surface area contributed by atoms with Crippen LogP contribution in [0.2, 0.25) is 0 Å². The molecule has 0 aliphatic heterocycles. The Labute approximate surface area is 98.0 Å². The van der Waals surface area contributed by atoms with E-state index in [2.05, 4.69) is 36.5 Å². The molecule has 1 aliphatic rings. The smallest absolute Gasteiger partial charge is 0.0796 e. The zero-order valence-electron chi connectivity index (χ0n) is 9.99. The first-order valence-corrected chi connectivity index (χ1v) is 6.26. The second-order valence-electron chi connectivity index (χ2n) is 4.51. The highest BCUT2D eigenvalue weighted by Gasteiger charge is 2.19. The van der Waals surface area contributed by atoms with Crippen LogP contribution in [0.3, 0.4) is 0 Å². The molecule has 1 aromatic rings. The molecule has 1 atom stereocenters. The molecule has 1 aliphatic carbocycles. The summed E-state index contributed by atoms with van der Waals surface area (Å²) in [4.78, 5) is 0. The lowest BCUT2D eigenvalue weighted by atomic mass is 10.1. The van der Waals surface area contributed by atoms with Crippen molar-refractivity contribution in [2.45, 2.75) is 38.3 Å². The Balaban J connectivity index is 1.58. The SMILES string of the molecule is CC(OCCCNC1CC1)c1ccccc1. The molecule has 0 spiro atoms. The molecular weight excluding hydrogens is 198 g/mol. The number of hydrogen-bond acceptors (Lipinski definition) is 2. The molecule has 16 heavy (non-hydrogen) atoms. The number of benzene rings is 1. The maximum Gasteiger partial charge on any atom is 0.0796 e. The van der Waals surface area contributed by atoms with Crippen molar-refractivity contribution in [3.05, 3.63) is 35.9 Å². The molecule has 2 heteroatoms. The third kappa shape index (κ3) is 3.95. The van der Waals surface area contributed by atoms with E-state index in [4.69, 9.17) is 4.74 Å². The molecule has 0 bridgehead atoms. The molecule has 88 valence electrons. The quantitative estimate of drug-likeness (QED) is 0.712. The highest BCUT2D eigenvalue weighted by molar-refractivity contribution is 5.16. The summed E-state index contributed by atoms with van der Waals surface area (Å²) in [6, 6.07) is 11.2. The Kier molecular flexibility index (Phi) is 4.37. The van der Waals surface area contributed by atoms with Gasteiger partial charge in [0.2, 0.25) is 0 Å². The van der Waals surface area contributed by atoms with E-state index < -0.39 is 0 Å². The van der Waals surface area contributed by atoms with Crippen LogP contribution in [0.1, 0.15) is 37.9 Å². The van der Waals surface area contributed by atoms with E-state index in [0.29, 0.717) is 0 Å². The largest absolute Gasteiger partial charge is 0.374 e. The Morgan fingerprint density at radius 3 is 2.75 bits per heavy atom. The summed E-state index contributed by atoms with van der Waals surface area (Å²) in [7, 11) is 0. The fourth-order valence-corrected chi connectivity index (χ4v) is 1.75. The van der Waals surface area contributed by atoms with E-state index in [9.17, 15) is 0 Å². The summed E-state index contributed by atoms with van der Waals surface area (Å²) in [6.45, 7) is 4.05. The third-order valence-corrected chi connectivity index (χ3v) is 2.97. The highest BCUT2D eigenvalue weighted by atomic mass is 16.5. The minimum atomic E-state index is 0.210. The van der Waals surface area contributed by atoms with Gasteiger partial charge in [0.15, 0.2) is 0 Å². The Morgan fingerprint density at radius 1 is 1.31 bits per heavy atom. The molecule has 2 nitrogen and oxygen atoms in total. The standard InChI is InChI=1S/C14H21NO/c1-12(13-6-3-2-4-7-13)16-11-5-10-15-14-8-9-14/h2-4,6-7,12,14-15H,5,8-11H2,1H3. The van der Waals surface area contributed by atoms with Crippen molar-refractivity contribution in [1.29, 1.82) is 0 Å². The summed E-state index contributed by atoms with van der Waals surface area (Å²) in [6.07, 6.45) is 4.04. The fourth-order valence-electron chi connectivity index (χ4n) is 1.75. The summed E-state index contributed by atoms with van der Waals surface area (Å²) in [5.74, 6) is 0. The van der Waals surface area contributed by atoms with E-state index in [1.54, 1.807) is 0 Å². The molecule has 1 saturated carbocycles. The first kappa shape index (κ1) is 11.6. The van der Waals surface area contributed by atoms with Crippen LogP contribution in [0.15, 0.2) is 30.3 Å². The van der Waals surface area contributed by atoms with Gasteiger partial charge in [-0.15, -0.1) is 0 Å². The minimum Gasteiger partial charge on any atom is -0.374 e. The predicted molar refractivity (Wildman–Crippen MR) is 66.5 cm³/mol. The second-order valence-corrected chi connectivity index (χ2v) is 4.51. The van der Waals surface area contributed by atoms with Gasteiger partial charge in [0.1, 0.15) is 0 Å². The molecular formula is C14H21NO. The molecule has 1 N–H and O–H groups in total. The van der Waals surface area contributed by atoms with Crippen LogP contribution in [0.25, 0.3) is 0 Å². The van der Waals surface area contributed by atoms with E-state index in [0.717, 1.165) is 25.6 Å². The lowest BCUT2D eigenvalue weighted by Gasteiger charge is -2.13. The van der Waals surface area contributed by atoms with E-state index >= 15 is 0 Å². The van der Waals surface area contributed by atoms with Crippen molar-refractivity contribution in [1.82, 2.24) is 5.32 Å². The summed E-state index contributed by atoms with van der Waals surface area (Å²) in [5.41, 5.74) is 1.26. The van der Waals surface area contributed by atoms with Crippen LogP contribution < -0.4 is 5.32 Å². The molecule has 1 aromatic carbocycles. The number of rotatable bonds is 7. The highest BCUT2D eigenvalue weighted by Crippen LogP contribution is 2.18. The van der Waals surface area contributed by atoms with Gasteiger partial charge in [0.05, 0.1) is 6.10 Å². The van der Waals surface area contributed by atoms with Gasteiger partial charge in [-0.05, 0) is 38.3 Å². The van der Waals surface area contributed by atoms with Crippen LogP contribution in [0, 0.1) is 0 Å². The Morgan fingerprint density at radius 2 is 2.06 bits per heavy atom. The van der Waals surface area contributed by atoms with Crippen LogP contribution >= 0.6 is 0 Å². The summed E-state index contributed by atoms with van der Waals surface area (Å²) < 4.78 is 5.79. The maximum atomic E-state index is 5.79. The second kappa shape index (κ2) is 6.02. The van der Waals surface area contributed by atoms with Gasteiger partial charge in [-0.3, -0.25) is 0 Å². The number of ether oxygens (including phenoxy) is 1. The average Bonchev–Trinajstić information content (AvgIpc) is 3.13. The molecule has 0 saturated heterocycles. The van der Waals surface area contributed by atoms with Crippen molar-refractivity contribution in [3.63, 3.8) is 0 Å². The Hall–Kier alpha value is -0.860. The first-order chi connectivity index (χ1) is 7.86. The van der Waals surface area contributed by atoms with Crippen LogP contribution in [-0.2, 0) is 4.74 Å². The molecule has 0 aromatic heterocycles. The lowest BCUT2D eigenvalue weighted by Crippen LogP contribution is -2.19. The van der Waals surface area contributed by atoms with Gasteiger partial charge >= 0.3 is 0 Å². The molecule has 0 radical (unpaired) electrons. The van der Waals surface area contributed by atoms with Crippen LogP contribution in [-0.4, -0.2) is 19.2 Å². The number of hydrogen-bond donors (Lipinski definition) is 1. The molecule has 0 heterocycles. The van der Waals surface area contributed by atoms with Gasteiger partial charge in [-0.25, -0.2) is 0 Å². The summed E-state index contributed by atoms with van der Waals surface area (Å²) in [5, 5.41) is 3.49.